The number of piperidine rings is 1. The fourth-order valence-electron chi connectivity index (χ4n) is 3.24. The largest absolute Gasteiger partial charge is 0.465 e. The van der Waals surface area contributed by atoms with Crippen LogP contribution in [0.2, 0.25) is 0 Å². The fourth-order valence-corrected chi connectivity index (χ4v) is 3.24. The van der Waals surface area contributed by atoms with Crippen LogP contribution in [0.1, 0.15) is 37.3 Å². The number of nitrogens with one attached hydrogen (secondary N) is 1. The van der Waals surface area contributed by atoms with Gasteiger partial charge in [-0.05, 0) is 36.5 Å². The molecule has 3 rings (SSSR count). The van der Waals surface area contributed by atoms with E-state index in [4.69, 9.17) is 5.11 Å². The molecule has 6 nitrogen and oxygen atoms in total. The van der Waals surface area contributed by atoms with E-state index in [1.165, 1.54) is 4.90 Å². The Balaban J connectivity index is 1.78. The third-order valence-corrected chi connectivity index (χ3v) is 4.98. The predicted molar refractivity (Wildman–Crippen MR) is 88.4 cm³/mol. The number of amides is 3. The van der Waals surface area contributed by atoms with Crippen molar-refractivity contribution < 1.29 is 19.5 Å². The maximum Gasteiger partial charge on any atom is 0.407 e. The summed E-state index contributed by atoms with van der Waals surface area (Å²) in [5, 5.41) is 11.4. The first-order valence-corrected chi connectivity index (χ1v) is 8.02. The molecule has 1 fully saturated rings. The zero-order valence-corrected chi connectivity index (χ0v) is 13.5. The molecule has 0 aromatic heterocycles. The summed E-state index contributed by atoms with van der Waals surface area (Å²) in [5.74, 6) is -0.468. The van der Waals surface area contributed by atoms with Gasteiger partial charge in [0, 0.05) is 19.5 Å². The number of nitrogens with zero attached hydrogens (tertiary/aromatic N) is 1. The van der Waals surface area contributed by atoms with E-state index in [1.807, 2.05) is 37.3 Å². The van der Waals surface area contributed by atoms with Gasteiger partial charge in [0.05, 0.1) is 5.41 Å². The van der Waals surface area contributed by atoms with E-state index in [-0.39, 0.29) is 11.8 Å². The lowest BCUT2D eigenvalue weighted by molar-refractivity contribution is -0.137. The lowest BCUT2D eigenvalue weighted by Crippen LogP contribution is -2.49. The summed E-state index contributed by atoms with van der Waals surface area (Å²) < 4.78 is 0. The van der Waals surface area contributed by atoms with Gasteiger partial charge in [0.15, 0.2) is 0 Å². The standard InChI is InChI=1S/C18H20N2O4/c1-18(9-6-15(21)19-16(18)22)14-4-2-12(3-5-14)13-7-10-20(11-8-13)17(23)24/h2-5,7H,6,8-11H2,1H3,(H,23,24)(H,19,21,22)/t18-/m1/s1. The summed E-state index contributed by atoms with van der Waals surface area (Å²) in [6, 6.07) is 7.78. The molecule has 0 aliphatic carbocycles. The van der Waals surface area contributed by atoms with Crippen LogP contribution in [0.15, 0.2) is 30.3 Å². The maximum atomic E-state index is 12.2. The Morgan fingerprint density at radius 2 is 1.92 bits per heavy atom. The Kier molecular flexibility index (Phi) is 4.13. The number of hydrogen-bond donors (Lipinski definition) is 2. The molecule has 2 heterocycles. The maximum absolute atomic E-state index is 12.2. The predicted octanol–water partition coefficient (Wildman–Crippen LogP) is 2.15. The van der Waals surface area contributed by atoms with Crippen LogP contribution in [0, 0.1) is 0 Å². The minimum absolute atomic E-state index is 0.218. The van der Waals surface area contributed by atoms with Gasteiger partial charge in [0.2, 0.25) is 11.8 Å². The van der Waals surface area contributed by atoms with Crippen molar-refractivity contribution in [1.82, 2.24) is 10.2 Å². The Labute approximate surface area is 140 Å². The van der Waals surface area contributed by atoms with E-state index in [2.05, 4.69) is 5.32 Å². The van der Waals surface area contributed by atoms with Crippen LogP contribution in [0.3, 0.4) is 0 Å². The molecule has 126 valence electrons. The first-order valence-electron chi connectivity index (χ1n) is 8.02. The zero-order valence-electron chi connectivity index (χ0n) is 13.5. The minimum Gasteiger partial charge on any atom is -0.465 e. The van der Waals surface area contributed by atoms with Crippen LogP contribution in [0.5, 0.6) is 0 Å². The van der Waals surface area contributed by atoms with E-state index in [1.54, 1.807) is 0 Å². The SMILES string of the molecule is C[C@]1(c2ccc(C3=CCN(C(=O)O)CC3)cc2)CCC(=O)NC1=O. The fraction of sp³-hybridized carbons (Fsp3) is 0.389. The van der Waals surface area contributed by atoms with Gasteiger partial charge >= 0.3 is 6.09 Å². The van der Waals surface area contributed by atoms with E-state index in [0.29, 0.717) is 32.4 Å². The highest BCUT2D eigenvalue weighted by Crippen LogP contribution is 2.33. The molecule has 2 aliphatic rings. The van der Waals surface area contributed by atoms with Crippen molar-refractivity contribution in [1.29, 1.82) is 0 Å². The van der Waals surface area contributed by atoms with Crippen LogP contribution < -0.4 is 5.32 Å². The number of imide groups is 1. The Bertz CT molecular complexity index is 723. The molecule has 0 saturated carbocycles. The van der Waals surface area contributed by atoms with Crippen LogP contribution in [-0.4, -0.2) is 41.0 Å². The first-order chi connectivity index (χ1) is 11.4. The van der Waals surface area contributed by atoms with Gasteiger partial charge in [0.1, 0.15) is 0 Å². The highest BCUT2D eigenvalue weighted by Gasteiger charge is 2.39. The molecular weight excluding hydrogens is 308 g/mol. The summed E-state index contributed by atoms with van der Waals surface area (Å²) in [5.41, 5.74) is 2.36. The van der Waals surface area contributed by atoms with Crippen molar-refractivity contribution in [2.45, 2.75) is 31.6 Å². The van der Waals surface area contributed by atoms with Gasteiger partial charge in [-0.2, -0.15) is 0 Å². The quantitative estimate of drug-likeness (QED) is 0.815. The average Bonchev–Trinajstić information content (AvgIpc) is 2.59. The molecule has 24 heavy (non-hydrogen) atoms. The number of hydrogen-bond acceptors (Lipinski definition) is 3. The highest BCUT2D eigenvalue weighted by molar-refractivity contribution is 6.03. The topological polar surface area (TPSA) is 86.7 Å². The van der Waals surface area contributed by atoms with Gasteiger partial charge in [-0.25, -0.2) is 4.79 Å². The second-order valence-corrected chi connectivity index (χ2v) is 6.49. The minimum atomic E-state index is -0.897. The van der Waals surface area contributed by atoms with Crippen molar-refractivity contribution in [3.63, 3.8) is 0 Å². The summed E-state index contributed by atoms with van der Waals surface area (Å²) in [6.07, 6.45) is 2.57. The molecule has 1 aromatic carbocycles. The summed E-state index contributed by atoms with van der Waals surface area (Å²) in [4.78, 5) is 35.9. The molecule has 2 aliphatic heterocycles. The molecule has 6 heteroatoms. The van der Waals surface area contributed by atoms with Crippen molar-refractivity contribution >= 4 is 23.5 Å². The van der Waals surface area contributed by atoms with E-state index < -0.39 is 11.5 Å². The normalized spacial score (nSPS) is 24.4. The van der Waals surface area contributed by atoms with E-state index in [9.17, 15) is 14.4 Å². The van der Waals surface area contributed by atoms with Crippen LogP contribution in [0.25, 0.3) is 5.57 Å². The van der Waals surface area contributed by atoms with Gasteiger partial charge in [-0.3, -0.25) is 14.9 Å². The van der Waals surface area contributed by atoms with E-state index >= 15 is 0 Å². The summed E-state index contributed by atoms with van der Waals surface area (Å²) in [7, 11) is 0. The number of carbonyl (C=O) groups is 3. The lowest BCUT2D eigenvalue weighted by Gasteiger charge is -2.32. The Morgan fingerprint density at radius 1 is 1.21 bits per heavy atom. The molecular formula is C18H20N2O4. The highest BCUT2D eigenvalue weighted by atomic mass is 16.4. The number of carbonyl (C=O) groups excluding carboxylic acids is 2. The summed E-state index contributed by atoms with van der Waals surface area (Å²) >= 11 is 0. The van der Waals surface area contributed by atoms with Crippen molar-refractivity contribution in [2.24, 2.45) is 0 Å². The zero-order chi connectivity index (χ0) is 17.3. The van der Waals surface area contributed by atoms with Gasteiger partial charge < -0.3 is 10.0 Å². The Morgan fingerprint density at radius 3 is 2.46 bits per heavy atom. The number of rotatable bonds is 2. The molecule has 1 saturated heterocycles. The summed E-state index contributed by atoms with van der Waals surface area (Å²) in [6.45, 7) is 2.74. The number of carboxylic acid groups (broad SMARTS) is 1. The smallest absolute Gasteiger partial charge is 0.407 e. The van der Waals surface area contributed by atoms with Crippen molar-refractivity contribution in [3.05, 3.63) is 41.5 Å². The van der Waals surface area contributed by atoms with Crippen LogP contribution >= 0.6 is 0 Å². The molecule has 2 N–H and O–H groups in total. The number of benzene rings is 1. The molecule has 0 spiro atoms. The van der Waals surface area contributed by atoms with Gasteiger partial charge in [-0.15, -0.1) is 0 Å². The van der Waals surface area contributed by atoms with Crippen molar-refractivity contribution in [2.75, 3.05) is 13.1 Å². The Hall–Kier alpha value is -2.63. The van der Waals surface area contributed by atoms with E-state index in [0.717, 1.165) is 16.7 Å². The molecule has 0 radical (unpaired) electrons. The average molecular weight is 328 g/mol. The second-order valence-electron chi connectivity index (χ2n) is 6.49. The molecule has 0 unspecified atom stereocenters. The molecule has 1 atom stereocenters. The monoisotopic (exact) mass is 328 g/mol. The van der Waals surface area contributed by atoms with Crippen LogP contribution in [-0.2, 0) is 15.0 Å². The molecule has 0 bridgehead atoms. The second kappa shape index (κ2) is 6.11. The third-order valence-electron chi connectivity index (χ3n) is 4.98. The van der Waals surface area contributed by atoms with Gasteiger partial charge in [0.25, 0.3) is 0 Å². The van der Waals surface area contributed by atoms with Gasteiger partial charge in [-0.1, -0.05) is 30.3 Å². The molecule has 3 amide bonds. The lowest BCUT2D eigenvalue weighted by atomic mass is 9.75. The van der Waals surface area contributed by atoms with Crippen molar-refractivity contribution in [3.8, 4) is 0 Å². The van der Waals surface area contributed by atoms with Crippen LogP contribution in [0.4, 0.5) is 4.79 Å². The molecule has 1 aromatic rings. The first kappa shape index (κ1) is 16.2. The third kappa shape index (κ3) is 2.91.